The summed E-state index contributed by atoms with van der Waals surface area (Å²) in [6.07, 6.45) is 2.39. The van der Waals surface area contributed by atoms with Gasteiger partial charge < -0.3 is 15.5 Å². The summed E-state index contributed by atoms with van der Waals surface area (Å²) < 4.78 is 0. The van der Waals surface area contributed by atoms with Gasteiger partial charge in [-0.3, -0.25) is 4.79 Å². The van der Waals surface area contributed by atoms with Crippen LogP contribution in [0.25, 0.3) is 0 Å². The van der Waals surface area contributed by atoms with Crippen LogP contribution in [-0.2, 0) is 4.79 Å². The lowest BCUT2D eigenvalue weighted by Crippen LogP contribution is -2.45. The summed E-state index contributed by atoms with van der Waals surface area (Å²) in [6.45, 7) is 6.65. The molecule has 2 N–H and O–H groups in total. The topological polar surface area (TPSA) is 56.7 Å². The third-order valence-corrected chi connectivity index (χ3v) is 3.15. The standard InChI is InChI=1S/C13H26N4O.HI/c1-9(2)10(3)15-13(16-11-6-7-11)14-8-12(18)17(4)5;/h9-11H,6-8H2,1-5H3,(H2,14,15,16);1H. The number of nitrogens with zero attached hydrogens (tertiary/aromatic N) is 2. The van der Waals surface area contributed by atoms with Crippen LogP contribution >= 0.6 is 24.0 Å². The van der Waals surface area contributed by atoms with Crippen molar-refractivity contribution in [2.45, 2.75) is 45.7 Å². The van der Waals surface area contributed by atoms with Crippen LogP contribution < -0.4 is 10.6 Å². The third kappa shape index (κ3) is 7.59. The molecule has 1 fully saturated rings. The van der Waals surface area contributed by atoms with Gasteiger partial charge in [-0.2, -0.15) is 0 Å². The molecule has 1 amide bonds. The zero-order valence-corrected chi connectivity index (χ0v) is 14.9. The summed E-state index contributed by atoms with van der Waals surface area (Å²) in [5, 5.41) is 6.69. The SMILES string of the molecule is CC(C)C(C)NC(=NCC(=O)N(C)C)NC1CC1.I. The Balaban J connectivity index is 0.00000324. The summed E-state index contributed by atoms with van der Waals surface area (Å²) in [7, 11) is 3.49. The third-order valence-electron chi connectivity index (χ3n) is 3.15. The number of rotatable bonds is 5. The van der Waals surface area contributed by atoms with E-state index >= 15 is 0 Å². The van der Waals surface area contributed by atoms with Gasteiger partial charge in [0.05, 0.1) is 0 Å². The summed E-state index contributed by atoms with van der Waals surface area (Å²) in [5.74, 6) is 1.30. The first-order valence-electron chi connectivity index (χ1n) is 6.67. The molecule has 1 aliphatic rings. The monoisotopic (exact) mass is 382 g/mol. The molecule has 0 spiro atoms. The van der Waals surface area contributed by atoms with E-state index < -0.39 is 0 Å². The van der Waals surface area contributed by atoms with E-state index in [1.54, 1.807) is 19.0 Å². The minimum atomic E-state index is 0. The number of carbonyl (C=O) groups excluding carboxylic acids is 1. The average molecular weight is 382 g/mol. The highest BCUT2D eigenvalue weighted by atomic mass is 127. The Bertz CT molecular complexity index is 314. The number of carbonyl (C=O) groups is 1. The van der Waals surface area contributed by atoms with Crippen LogP contribution in [0.4, 0.5) is 0 Å². The fraction of sp³-hybridized carbons (Fsp3) is 0.846. The lowest BCUT2D eigenvalue weighted by atomic mass is 10.1. The molecule has 19 heavy (non-hydrogen) atoms. The Hall–Kier alpha value is -0.530. The van der Waals surface area contributed by atoms with Crippen molar-refractivity contribution >= 4 is 35.8 Å². The maximum atomic E-state index is 11.5. The van der Waals surface area contributed by atoms with Crippen LogP contribution in [0.15, 0.2) is 4.99 Å². The Morgan fingerprint density at radius 3 is 2.32 bits per heavy atom. The number of halogens is 1. The van der Waals surface area contributed by atoms with E-state index in [1.807, 2.05) is 0 Å². The maximum Gasteiger partial charge on any atom is 0.243 e. The number of guanidine groups is 1. The minimum Gasteiger partial charge on any atom is -0.354 e. The summed E-state index contributed by atoms with van der Waals surface area (Å²) in [4.78, 5) is 17.4. The molecule has 5 nitrogen and oxygen atoms in total. The molecular formula is C13H27IN4O. The first-order valence-corrected chi connectivity index (χ1v) is 6.67. The molecule has 1 unspecified atom stereocenters. The number of hydrogen-bond donors (Lipinski definition) is 2. The largest absolute Gasteiger partial charge is 0.354 e. The quantitative estimate of drug-likeness (QED) is 0.430. The average Bonchev–Trinajstić information content (AvgIpc) is 3.08. The van der Waals surface area contributed by atoms with Gasteiger partial charge >= 0.3 is 0 Å². The van der Waals surface area contributed by atoms with Gasteiger partial charge in [-0.05, 0) is 25.7 Å². The van der Waals surface area contributed by atoms with Crippen LogP contribution in [0.3, 0.4) is 0 Å². The Kier molecular flexibility index (Phi) is 8.36. The van der Waals surface area contributed by atoms with Gasteiger partial charge in [-0.15, -0.1) is 24.0 Å². The van der Waals surface area contributed by atoms with Crippen LogP contribution in [-0.4, -0.2) is 49.5 Å². The van der Waals surface area contributed by atoms with Gasteiger partial charge in [0.15, 0.2) is 5.96 Å². The second kappa shape index (κ2) is 8.60. The molecule has 1 saturated carbocycles. The lowest BCUT2D eigenvalue weighted by Gasteiger charge is -2.21. The first-order chi connectivity index (χ1) is 8.40. The van der Waals surface area contributed by atoms with E-state index in [-0.39, 0.29) is 36.4 Å². The van der Waals surface area contributed by atoms with Crippen LogP contribution in [0.5, 0.6) is 0 Å². The van der Waals surface area contributed by atoms with E-state index in [4.69, 9.17) is 0 Å². The van der Waals surface area contributed by atoms with Gasteiger partial charge in [0.1, 0.15) is 6.54 Å². The highest BCUT2D eigenvalue weighted by Gasteiger charge is 2.23. The molecule has 0 aromatic rings. The van der Waals surface area contributed by atoms with Crippen molar-refractivity contribution in [3.8, 4) is 0 Å². The Labute approximate surface area is 133 Å². The molecule has 0 aromatic heterocycles. The van der Waals surface area contributed by atoms with Crippen molar-refractivity contribution in [3.05, 3.63) is 0 Å². The number of amides is 1. The Morgan fingerprint density at radius 1 is 1.32 bits per heavy atom. The highest BCUT2D eigenvalue weighted by molar-refractivity contribution is 14.0. The normalized spacial score (nSPS) is 16.6. The van der Waals surface area contributed by atoms with Crippen molar-refractivity contribution in [1.29, 1.82) is 0 Å². The number of likely N-dealkylation sites (N-methyl/N-ethyl adjacent to an activating group) is 1. The van der Waals surface area contributed by atoms with Crippen LogP contribution in [0.2, 0.25) is 0 Å². The molecule has 6 heteroatoms. The highest BCUT2D eigenvalue weighted by Crippen LogP contribution is 2.18. The first kappa shape index (κ1) is 18.5. The van der Waals surface area contributed by atoms with Gasteiger partial charge in [0.25, 0.3) is 0 Å². The minimum absolute atomic E-state index is 0. The fourth-order valence-corrected chi connectivity index (χ4v) is 1.22. The molecule has 0 aliphatic heterocycles. The maximum absolute atomic E-state index is 11.5. The molecule has 1 aliphatic carbocycles. The second-order valence-corrected chi connectivity index (χ2v) is 5.55. The molecule has 1 rings (SSSR count). The summed E-state index contributed by atoms with van der Waals surface area (Å²) in [5.41, 5.74) is 0. The van der Waals surface area contributed by atoms with Gasteiger partial charge in [0.2, 0.25) is 5.91 Å². The second-order valence-electron chi connectivity index (χ2n) is 5.55. The molecule has 0 aromatic carbocycles. The Morgan fingerprint density at radius 2 is 1.89 bits per heavy atom. The number of aliphatic imine (C=N–C) groups is 1. The smallest absolute Gasteiger partial charge is 0.243 e. The molecule has 0 saturated heterocycles. The van der Waals surface area contributed by atoms with Crippen molar-refractivity contribution in [1.82, 2.24) is 15.5 Å². The predicted molar refractivity (Wildman–Crippen MR) is 90.0 cm³/mol. The summed E-state index contributed by atoms with van der Waals surface area (Å²) in [6, 6.07) is 0.870. The molecule has 112 valence electrons. The fourth-order valence-electron chi connectivity index (χ4n) is 1.22. The molecule has 0 heterocycles. The molecular weight excluding hydrogens is 355 g/mol. The van der Waals surface area contributed by atoms with E-state index in [0.717, 1.165) is 5.96 Å². The van der Waals surface area contributed by atoms with Crippen LogP contribution in [0, 0.1) is 5.92 Å². The van der Waals surface area contributed by atoms with Crippen molar-refractivity contribution < 1.29 is 4.79 Å². The zero-order valence-electron chi connectivity index (χ0n) is 12.6. The van der Waals surface area contributed by atoms with Crippen molar-refractivity contribution in [2.24, 2.45) is 10.9 Å². The van der Waals surface area contributed by atoms with Crippen LogP contribution in [0.1, 0.15) is 33.6 Å². The van der Waals surface area contributed by atoms with Gasteiger partial charge in [-0.25, -0.2) is 4.99 Å². The number of nitrogens with one attached hydrogen (secondary N) is 2. The zero-order chi connectivity index (χ0) is 13.7. The van der Waals surface area contributed by atoms with Crippen molar-refractivity contribution in [2.75, 3.05) is 20.6 Å². The van der Waals surface area contributed by atoms with Crippen molar-refractivity contribution in [3.63, 3.8) is 0 Å². The van der Waals surface area contributed by atoms with Gasteiger partial charge in [-0.1, -0.05) is 13.8 Å². The lowest BCUT2D eigenvalue weighted by molar-refractivity contribution is -0.127. The van der Waals surface area contributed by atoms with E-state index in [0.29, 0.717) is 18.0 Å². The molecule has 0 radical (unpaired) electrons. The molecule has 1 atom stereocenters. The van der Waals surface area contributed by atoms with Gasteiger partial charge in [0, 0.05) is 26.2 Å². The summed E-state index contributed by atoms with van der Waals surface area (Å²) >= 11 is 0. The van der Waals surface area contributed by atoms with E-state index in [1.165, 1.54) is 12.8 Å². The number of hydrogen-bond acceptors (Lipinski definition) is 2. The predicted octanol–water partition coefficient (Wildman–Crippen LogP) is 1.43. The molecule has 0 bridgehead atoms. The van der Waals surface area contributed by atoms with E-state index in [2.05, 4.69) is 36.4 Å². The van der Waals surface area contributed by atoms with E-state index in [9.17, 15) is 4.79 Å².